The lowest BCUT2D eigenvalue weighted by Crippen LogP contribution is -2.35. The van der Waals surface area contributed by atoms with Crippen LogP contribution in [0.5, 0.6) is 0 Å². The lowest BCUT2D eigenvalue weighted by Gasteiger charge is -2.22. The highest BCUT2D eigenvalue weighted by atomic mass is 16.2. The summed E-state index contributed by atoms with van der Waals surface area (Å²) in [6.45, 7) is 6.66. The zero-order valence-corrected chi connectivity index (χ0v) is 15.4. The number of pyridine rings is 1. The Balaban J connectivity index is 1.58. The quantitative estimate of drug-likeness (QED) is 0.898. The van der Waals surface area contributed by atoms with Gasteiger partial charge in [-0.2, -0.15) is 0 Å². The summed E-state index contributed by atoms with van der Waals surface area (Å²) in [7, 11) is 0. The Morgan fingerprint density at radius 2 is 2.04 bits per heavy atom. The van der Waals surface area contributed by atoms with Crippen LogP contribution in [0.1, 0.15) is 29.9 Å². The Hall–Kier alpha value is -2.70. The standard InChI is InChI=1S/C19H25N5O2/c1-14-16(19(26)22-15(2)21-14)7-8-18(25)24-11-5-10-23(12-13-24)17-6-3-4-9-20-17/h3-4,6,9H,5,7-8,10-13H2,1-2H3,(H,21,22,26). The van der Waals surface area contributed by atoms with Crippen molar-refractivity contribution < 1.29 is 4.79 Å². The van der Waals surface area contributed by atoms with Crippen molar-refractivity contribution in [3.05, 3.63) is 51.8 Å². The highest BCUT2D eigenvalue weighted by molar-refractivity contribution is 5.76. The number of aromatic nitrogens is 3. The second kappa shape index (κ2) is 8.12. The summed E-state index contributed by atoms with van der Waals surface area (Å²) >= 11 is 0. The largest absolute Gasteiger partial charge is 0.355 e. The summed E-state index contributed by atoms with van der Waals surface area (Å²) < 4.78 is 0. The van der Waals surface area contributed by atoms with E-state index in [-0.39, 0.29) is 11.5 Å². The van der Waals surface area contributed by atoms with Gasteiger partial charge in [0.25, 0.3) is 5.56 Å². The van der Waals surface area contributed by atoms with E-state index in [1.54, 1.807) is 13.1 Å². The number of hydrogen-bond acceptors (Lipinski definition) is 5. The second-order valence-corrected chi connectivity index (χ2v) is 6.62. The third-order valence-corrected chi connectivity index (χ3v) is 4.75. The lowest BCUT2D eigenvalue weighted by atomic mass is 10.1. The van der Waals surface area contributed by atoms with Gasteiger partial charge in [0.15, 0.2) is 0 Å². The molecule has 138 valence electrons. The molecule has 0 unspecified atom stereocenters. The number of carbonyl (C=O) groups is 1. The zero-order valence-electron chi connectivity index (χ0n) is 15.4. The van der Waals surface area contributed by atoms with Gasteiger partial charge in [0.05, 0.1) is 0 Å². The molecule has 3 rings (SSSR count). The first-order valence-corrected chi connectivity index (χ1v) is 9.05. The van der Waals surface area contributed by atoms with E-state index in [9.17, 15) is 9.59 Å². The van der Waals surface area contributed by atoms with E-state index in [2.05, 4.69) is 19.9 Å². The number of nitrogens with one attached hydrogen (secondary N) is 1. The zero-order chi connectivity index (χ0) is 18.5. The van der Waals surface area contributed by atoms with Gasteiger partial charge in [-0.05, 0) is 38.8 Å². The average molecular weight is 355 g/mol. The summed E-state index contributed by atoms with van der Waals surface area (Å²) in [5, 5.41) is 0. The summed E-state index contributed by atoms with van der Waals surface area (Å²) in [6.07, 6.45) is 3.46. The summed E-state index contributed by atoms with van der Waals surface area (Å²) in [6, 6.07) is 5.88. The Labute approximate surface area is 153 Å². The Kier molecular flexibility index (Phi) is 5.65. The van der Waals surface area contributed by atoms with Gasteiger partial charge >= 0.3 is 0 Å². The first-order chi connectivity index (χ1) is 12.5. The number of aromatic amines is 1. The van der Waals surface area contributed by atoms with Crippen molar-refractivity contribution in [2.75, 3.05) is 31.1 Å². The minimum Gasteiger partial charge on any atom is -0.355 e. The van der Waals surface area contributed by atoms with E-state index in [0.717, 1.165) is 31.9 Å². The predicted octanol–water partition coefficient (Wildman–Crippen LogP) is 1.45. The molecule has 7 nitrogen and oxygen atoms in total. The number of carbonyl (C=O) groups excluding carboxylic acids is 1. The van der Waals surface area contributed by atoms with E-state index in [4.69, 9.17) is 0 Å². The van der Waals surface area contributed by atoms with Crippen LogP contribution in [0.15, 0.2) is 29.2 Å². The number of hydrogen-bond donors (Lipinski definition) is 1. The fraction of sp³-hybridized carbons (Fsp3) is 0.474. The minimum absolute atomic E-state index is 0.0900. The van der Waals surface area contributed by atoms with Crippen molar-refractivity contribution in [3.8, 4) is 0 Å². The molecule has 26 heavy (non-hydrogen) atoms. The fourth-order valence-corrected chi connectivity index (χ4v) is 3.37. The molecule has 2 aromatic heterocycles. The molecule has 1 fully saturated rings. The Morgan fingerprint density at radius 3 is 2.77 bits per heavy atom. The molecule has 1 aliphatic heterocycles. The van der Waals surface area contributed by atoms with E-state index in [1.165, 1.54) is 0 Å². The maximum Gasteiger partial charge on any atom is 0.254 e. The monoisotopic (exact) mass is 355 g/mol. The summed E-state index contributed by atoms with van der Waals surface area (Å²) in [5.74, 6) is 1.65. The van der Waals surface area contributed by atoms with E-state index in [0.29, 0.717) is 36.5 Å². The minimum atomic E-state index is -0.139. The number of aryl methyl sites for hydroxylation is 2. The smallest absolute Gasteiger partial charge is 0.254 e. The fourth-order valence-electron chi connectivity index (χ4n) is 3.37. The van der Waals surface area contributed by atoms with Gasteiger partial charge in [-0.1, -0.05) is 6.07 Å². The van der Waals surface area contributed by atoms with Crippen LogP contribution in [0, 0.1) is 13.8 Å². The normalized spacial score (nSPS) is 15.0. The summed E-state index contributed by atoms with van der Waals surface area (Å²) in [4.78, 5) is 40.2. The van der Waals surface area contributed by atoms with Crippen LogP contribution in [0.4, 0.5) is 5.82 Å². The maximum absolute atomic E-state index is 12.6. The van der Waals surface area contributed by atoms with E-state index < -0.39 is 0 Å². The highest BCUT2D eigenvalue weighted by Crippen LogP contribution is 2.14. The number of H-pyrrole nitrogens is 1. The highest BCUT2D eigenvalue weighted by Gasteiger charge is 2.20. The predicted molar refractivity (Wildman–Crippen MR) is 100 cm³/mol. The number of rotatable bonds is 4. The molecular weight excluding hydrogens is 330 g/mol. The van der Waals surface area contributed by atoms with Crippen LogP contribution in [0.25, 0.3) is 0 Å². The molecule has 0 radical (unpaired) electrons. The van der Waals surface area contributed by atoms with Gasteiger partial charge in [0.1, 0.15) is 11.6 Å². The topological polar surface area (TPSA) is 82.2 Å². The second-order valence-electron chi connectivity index (χ2n) is 6.62. The molecule has 0 saturated carbocycles. The molecule has 0 aromatic carbocycles. The third kappa shape index (κ3) is 4.28. The van der Waals surface area contributed by atoms with Gasteiger partial charge in [-0.25, -0.2) is 9.97 Å². The number of anilines is 1. The van der Waals surface area contributed by atoms with Crippen molar-refractivity contribution in [2.45, 2.75) is 33.1 Å². The maximum atomic E-state index is 12.6. The SMILES string of the molecule is Cc1nc(C)c(CCC(=O)N2CCCN(c3ccccn3)CC2)c(=O)[nH]1. The Morgan fingerprint density at radius 1 is 1.19 bits per heavy atom. The van der Waals surface area contributed by atoms with Crippen LogP contribution >= 0.6 is 0 Å². The van der Waals surface area contributed by atoms with Crippen molar-refractivity contribution in [3.63, 3.8) is 0 Å². The molecule has 0 aliphatic carbocycles. The van der Waals surface area contributed by atoms with Gasteiger partial charge in [-0.3, -0.25) is 9.59 Å². The van der Waals surface area contributed by atoms with Gasteiger partial charge in [0, 0.05) is 50.1 Å². The van der Waals surface area contributed by atoms with Gasteiger partial charge in [-0.15, -0.1) is 0 Å². The van der Waals surface area contributed by atoms with Crippen LogP contribution in [0.2, 0.25) is 0 Å². The first-order valence-electron chi connectivity index (χ1n) is 9.05. The molecular formula is C19H25N5O2. The number of amides is 1. The molecule has 1 aliphatic rings. The van der Waals surface area contributed by atoms with Crippen LogP contribution in [0.3, 0.4) is 0 Å². The molecule has 0 atom stereocenters. The van der Waals surface area contributed by atoms with E-state index in [1.807, 2.05) is 30.0 Å². The Bertz CT molecular complexity index is 818. The molecule has 7 heteroatoms. The van der Waals surface area contributed by atoms with Crippen molar-refractivity contribution in [2.24, 2.45) is 0 Å². The average Bonchev–Trinajstić information content (AvgIpc) is 2.87. The van der Waals surface area contributed by atoms with Gasteiger partial charge < -0.3 is 14.8 Å². The van der Waals surface area contributed by atoms with Gasteiger partial charge in [0.2, 0.25) is 5.91 Å². The van der Waals surface area contributed by atoms with Crippen molar-refractivity contribution in [1.82, 2.24) is 19.9 Å². The van der Waals surface area contributed by atoms with E-state index >= 15 is 0 Å². The molecule has 2 aromatic rings. The third-order valence-electron chi connectivity index (χ3n) is 4.75. The molecule has 0 bridgehead atoms. The van der Waals surface area contributed by atoms with Crippen LogP contribution in [-0.2, 0) is 11.2 Å². The molecule has 1 saturated heterocycles. The van der Waals surface area contributed by atoms with Crippen LogP contribution < -0.4 is 10.5 Å². The van der Waals surface area contributed by atoms with Crippen molar-refractivity contribution in [1.29, 1.82) is 0 Å². The van der Waals surface area contributed by atoms with Crippen LogP contribution in [-0.4, -0.2) is 51.9 Å². The number of nitrogens with zero attached hydrogens (tertiary/aromatic N) is 4. The molecule has 0 spiro atoms. The molecule has 1 N–H and O–H groups in total. The molecule has 3 heterocycles. The lowest BCUT2D eigenvalue weighted by molar-refractivity contribution is -0.130. The molecule has 1 amide bonds. The first kappa shape index (κ1) is 18.1. The van der Waals surface area contributed by atoms with Crippen molar-refractivity contribution >= 4 is 11.7 Å². The summed E-state index contributed by atoms with van der Waals surface area (Å²) in [5.41, 5.74) is 1.17.